The fourth-order valence-electron chi connectivity index (χ4n) is 2.22. The summed E-state index contributed by atoms with van der Waals surface area (Å²) in [6, 6.07) is 3.97. The van der Waals surface area contributed by atoms with Crippen LogP contribution < -0.4 is 5.73 Å². The third-order valence-corrected chi connectivity index (χ3v) is 4.27. The minimum Gasteiger partial charge on any atom is -0.469 e. The molecule has 106 valence electrons. The molecule has 0 amide bonds. The molecule has 0 spiro atoms. The van der Waals surface area contributed by atoms with Crippen molar-refractivity contribution < 1.29 is 9.53 Å². The van der Waals surface area contributed by atoms with Gasteiger partial charge in [-0.25, -0.2) is 0 Å². The summed E-state index contributed by atoms with van der Waals surface area (Å²) in [6.07, 6.45) is 0.557. The summed E-state index contributed by atoms with van der Waals surface area (Å²) in [4.78, 5) is 11.7. The number of rotatable bonds is 4. The Morgan fingerprint density at radius 3 is 2.47 bits per heavy atom. The van der Waals surface area contributed by atoms with Gasteiger partial charge in [-0.05, 0) is 56.9 Å². The van der Waals surface area contributed by atoms with E-state index in [1.54, 1.807) is 0 Å². The Hall–Kier alpha value is -0.870. The van der Waals surface area contributed by atoms with Crippen molar-refractivity contribution in [2.24, 2.45) is 11.1 Å². The SMILES string of the molecule is COC(=O)C(C)(C)CC(N)c1cc(C)c(Br)cc1C. The van der Waals surface area contributed by atoms with Gasteiger partial charge in [0.25, 0.3) is 0 Å². The highest BCUT2D eigenvalue weighted by Crippen LogP contribution is 2.32. The topological polar surface area (TPSA) is 52.3 Å². The molecule has 1 rings (SSSR count). The van der Waals surface area contributed by atoms with E-state index < -0.39 is 5.41 Å². The summed E-state index contributed by atoms with van der Waals surface area (Å²) in [6.45, 7) is 7.79. The van der Waals surface area contributed by atoms with Gasteiger partial charge < -0.3 is 10.5 Å². The molecule has 0 saturated carbocycles. The van der Waals surface area contributed by atoms with Crippen molar-refractivity contribution in [3.8, 4) is 0 Å². The molecule has 3 nitrogen and oxygen atoms in total. The fourth-order valence-corrected chi connectivity index (χ4v) is 2.68. The van der Waals surface area contributed by atoms with Crippen molar-refractivity contribution in [2.45, 2.75) is 40.2 Å². The van der Waals surface area contributed by atoms with E-state index in [9.17, 15) is 4.79 Å². The number of esters is 1. The minimum atomic E-state index is -0.582. The normalized spacial score (nSPS) is 13.2. The molecule has 0 saturated heterocycles. The number of hydrogen-bond acceptors (Lipinski definition) is 3. The van der Waals surface area contributed by atoms with Gasteiger partial charge in [-0.2, -0.15) is 0 Å². The third-order valence-electron chi connectivity index (χ3n) is 3.41. The van der Waals surface area contributed by atoms with Gasteiger partial charge in [0, 0.05) is 10.5 Å². The molecule has 0 aliphatic heterocycles. The Labute approximate surface area is 123 Å². The van der Waals surface area contributed by atoms with Gasteiger partial charge in [0.05, 0.1) is 12.5 Å². The number of benzene rings is 1. The lowest BCUT2D eigenvalue weighted by Crippen LogP contribution is -2.30. The van der Waals surface area contributed by atoms with E-state index in [1.807, 2.05) is 27.7 Å². The van der Waals surface area contributed by atoms with Gasteiger partial charge >= 0.3 is 5.97 Å². The maximum absolute atomic E-state index is 11.7. The van der Waals surface area contributed by atoms with Crippen LogP contribution in [0.25, 0.3) is 0 Å². The van der Waals surface area contributed by atoms with Crippen LogP contribution in [0, 0.1) is 19.3 Å². The molecular weight excluding hydrogens is 306 g/mol. The smallest absolute Gasteiger partial charge is 0.311 e. The molecule has 4 heteroatoms. The maximum atomic E-state index is 11.7. The highest BCUT2D eigenvalue weighted by Gasteiger charge is 2.31. The van der Waals surface area contributed by atoms with Gasteiger partial charge in [-0.3, -0.25) is 4.79 Å². The number of methoxy groups -OCH3 is 1. The minimum absolute atomic E-state index is 0.180. The van der Waals surface area contributed by atoms with Gasteiger partial charge in [-0.1, -0.05) is 22.0 Å². The largest absolute Gasteiger partial charge is 0.469 e. The number of carbonyl (C=O) groups excluding carboxylic acids is 1. The Kier molecular flexibility index (Phi) is 5.16. The second-order valence-corrected chi connectivity index (χ2v) is 6.50. The van der Waals surface area contributed by atoms with Crippen LogP contribution in [0.4, 0.5) is 0 Å². The van der Waals surface area contributed by atoms with Crippen LogP contribution in [0.15, 0.2) is 16.6 Å². The van der Waals surface area contributed by atoms with Crippen LogP contribution in [0.3, 0.4) is 0 Å². The first-order valence-corrected chi connectivity index (χ1v) is 7.09. The van der Waals surface area contributed by atoms with Crippen LogP contribution in [0.1, 0.15) is 43.0 Å². The Bertz CT molecular complexity index is 483. The van der Waals surface area contributed by atoms with Gasteiger partial charge in [0.2, 0.25) is 0 Å². The predicted octanol–water partition coefficient (Wildman–Crippen LogP) is 3.66. The summed E-state index contributed by atoms with van der Waals surface area (Å²) in [5.41, 5.74) is 9.05. The van der Waals surface area contributed by atoms with Crippen molar-refractivity contribution >= 4 is 21.9 Å². The van der Waals surface area contributed by atoms with Crippen molar-refractivity contribution in [2.75, 3.05) is 7.11 Å². The average Bonchev–Trinajstić information content (AvgIpc) is 2.31. The van der Waals surface area contributed by atoms with E-state index in [0.29, 0.717) is 6.42 Å². The number of hydrogen-bond donors (Lipinski definition) is 1. The molecule has 2 N–H and O–H groups in total. The summed E-state index contributed by atoms with van der Waals surface area (Å²) < 4.78 is 5.90. The van der Waals surface area contributed by atoms with Crippen molar-refractivity contribution in [1.29, 1.82) is 0 Å². The van der Waals surface area contributed by atoms with E-state index in [4.69, 9.17) is 10.5 Å². The first-order valence-electron chi connectivity index (χ1n) is 6.29. The molecule has 0 aromatic heterocycles. The molecule has 1 aromatic rings. The van der Waals surface area contributed by atoms with Crippen molar-refractivity contribution in [3.63, 3.8) is 0 Å². The molecule has 0 aliphatic carbocycles. The number of halogens is 1. The van der Waals surface area contributed by atoms with Crippen LogP contribution in [-0.2, 0) is 9.53 Å². The zero-order chi connectivity index (χ0) is 14.8. The summed E-state index contributed by atoms with van der Waals surface area (Å²) in [5, 5.41) is 0. The number of carbonyl (C=O) groups is 1. The highest BCUT2D eigenvalue weighted by molar-refractivity contribution is 9.10. The molecule has 0 fully saturated rings. The molecule has 19 heavy (non-hydrogen) atoms. The number of aryl methyl sites for hydroxylation is 2. The first-order chi connectivity index (χ1) is 8.69. The van der Waals surface area contributed by atoms with Crippen LogP contribution in [-0.4, -0.2) is 13.1 Å². The second-order valence-electron chi connectivity index (χ2n) is 5.64. The van der Waals surface area contributed by atoms with Crippen LogP contribution in [0.5, 0.6) is 0 Å². The number of ether oxygens (including phenoxy) is 1. The molecule has 0 bridgehead atoms. The lowest BCUT2D eigenvalue weighted by Gasteiger charge is -2.26. The van der Waals surface area contributed by atoms with Gasteiger partial charge in [0.1, 0.15) is 0 Å². The molecule has 0 aliphatic rings. The molecule has 0 radical (unpaired) electrons. The summed E-state index contributed by atoms with van der Waals surface area (Å²) >= 11 is 3.51. The monoisotopic (exact) mass is 327 g/mol. The average molecular weight is 328 g/mol. The molecule has 1 aromatic carbocycles. The second kappa shape index (κ2) is 6.06. The quantitative estimate of drug-likeness (QED) is 0.858. The van der Waals surface area contributed by atoms with E-state index in [0.717, 1.165) is 21.2 Å². The molecular formula is C15H22BrNO2. The first kappa shape index (κ1) is 16.2. The zero-order valence-corrected chi connectivity index (χ0v) is 13.8. The summed E-state index contributed by atoms with van der Waals surface area (Å²) in [7, 11) is 1.41. The molecule has 0 heterocycles. The predicted molar refractivity (Wildman–Crippen MR) is 81.0 cm³/mol. The lowest BCUT2D eigenvalue weighted by atomic mass is 9.82. The van der Waals surface area contributed by atoms with Crippen molar-refractivity contribution in [1.82, 2.24) is 0 Å². The third kappa shape index (κ3) is 3.80. The molecule has 1 unspecified atom stereocenters. The van der Waals surface area contributed by atoms with Gasteiger partial charge in [0.15, 0.2) is 0 Å². The lowest BCUT2D eigenvalue weighted by molar-refractivity contribution is -0.151. The number of nitrogens with two attached hydrogens (primary N) is 1. The van der Waals surface area contributed by atoms with Gasteiger partial charge in [-0.15, -0.1) is 0 Å². The molecule has 1 atom stereocenters. The zero-order valence-electron chi connectivity index (χ0n) is 12.2. The summed E-state index contributed by atoms with van der Waals surface area (Å²) in [5.74, 6) is -0.227. The van der Waals surface area contributed by atoms with Crippen LogP contribution >= 0.6 is 15.9 Å². The van der Waals surface area contributed by atoms with Crippen molar-refractivity contribution in [3.05, 3.63) is 33.3 Å². The van der Waals surface area contributed by atoms with E-state index in [2.05, 4.69) is 28.1 Å². The Balaban J connectivity index is 2.99. The highest BCUT2D eigenvalue weighted by atomic mass is 79.9. The van der Waals surface area contributed by atoms with E-state index in [-0.39, 0.29) is 12.0 Å². The maximum Gasteiger partial charge on any atom is 0.311 e. The van der Waals surface area contributed by atoms with Crippen LogP contribution in [0.2, 0.25) is 0 Å². The van der Waals surface area contributed by atoms with E-state index in [1.165, 1.54) is 7.11 Å². The fraction of sp³-hybridized carbons (Fsp3) is 0.533. The Morgan fingerprint density at radius 1 is 1.37 bits per heavy atom. The standard InChI is InChI=1S/C15H22BrNO2/c1-9-7-12(16)10(2)6-11(9)13(17)8-15(3,4)14(18)19-5/h6-7,13H,8,17H2,1-5H3. The van der Waals surface area contributed by atoms with E-state index >= 15 is 0 Å². The Morgan fingerprint density at radius 2 is 1.95 bits per heavy atom.